The van der Waals surface area contributed by atoms with Gasteiger partial charge in [-0.3, -0.25) is 13.8 Å². The van der Waals surface area contributed by atoms with Crippen LogP contribution in [0.3, 0.4) is 0 Å². The number of amides is 1. The van der Waals surface area contributed by atoms with E-state index in [0.29, 0.717) is 23.9 Å². The van der Waals surface area contributed by atoms with Crippen LogP contribution in [-0.4, -0.2) is 73.4 Å². The van der Waals surface area contributed by atoms with Gasteiger partial charge in [0.05, 0.1) is 39.9 Å². The summed E-state index contributed by atoms with van der Waals surface area (Å²) in [6.45, 7) is 4.78. The molecule has 1 amide bonds. The number of phosphoric ester groups is 1. The SMILES string of the molecule is CC/C=C\C/C=C\C/C=C\C/C=C\C/C=C\C/C=C\C/C=C\C/C=C\C/C=C\C/C=C\C/C=C\CCCCCCCCCC(=O)NC(COP(=O)(O)OCC[N+](C)(C)C)C(O)CCCCCCCCCCCCCCCCCCCCCCCC. The molecule has 3 unspecified atom stereocenters. The highest BCUT2D eigenvalue weighted by Crippen LogP contribution is 2.43. The Kier molecular flexibility index (Phi) is 62.5. The minimum absolute atomic E-state index is 0.0666. The van der Waals surface area contributed by atoms with Gasteiger partial charge in [0, 0.05) is 6.42 Å². The third-order valence-corrected chi connectivity index (χ3v) is 16.1. The zero-order valence-corrected chi connectivity index (χ0v) is 56.7. The molecule has 0 aromatic rings. The van der Waals surface area contributed by atoms with Crippen molar-refractivity contribution in [2.24, 2.45) is 0 Å². The summed E-state index contributed by atoms with van der Waals surface area (Å²) in [6.07, 6.45) is 98.3. The number of hydrogen-bond donors (Lipinski definition) is 3. The predicted octanol–water partition coefficient (Wildman–Crippen LogP) is 22.6. The van der Waals surface area contributed by atoms with Crippen molar-refractivity contribution in [2.45, 2.75) is 302 Å². The van der Waals surface area contributed by atoms with E-state index in [4.69, 9.17) is 9.05 Å². The molecule has 85 heavy (non-hydrogen) atoms. The fraction of sp³-hybridized carbons (Fsp3) is 0.697. The number of aliphatic hydroxyl groups excluding tert-OH is 1. The number of carbonyl (C=O) groups excluding carboxylic acids is 1. The van der Waals surface area contributed by atoms with E-state index in [1.165, 1.54) is 141 Å². The normalized spacial score (nSPS) is 14.5. The summed E-state index contributed by atoms with van der Waals surface area (Å²) in [5, 5.41) is 14.1. The molecular formula is C76H134N2O6P+. The summed E-state index contributed by atoms with van der Waals surface area (Å²) in [7, 11) is 1.60. The third kappa shape index (κ3) is 68.0. The van der Waals surface area contributed by atoms with Gasteiger partial charge in [0.1, 0.15) is 13.2 Å². The highest BCUT2D eigenvalue weighted by atomic mass is 31.2. The van der Waals surface area contributed by atoms with E-state index in [0.717, 1.165) is 122 Å². The maximum Gasteiger partial charge on any atom is 0.472 e. The van der Waals surface area contributed by atoms with E-state index < -0.39 is 20.0 Å². The van der Waals surface area contributed by atoms with Crippen LogP contribution in [0.2, 0.25) is 0 Å². The van der Waals surface area contributed by atoms with Crippen LogP contribution in [0.25, 0.3) is 0 Å². The number of likely N-dealkylation sites (N-methyl/N-ethyl adjacent to an activating group) is 1. The molecule has 0 aromatic heterocycles. The molecule has 3 N–H and O–H groups in total. The molecule has 0 saturated heterocycles. The number of nitrogens with one attached hydrogen (secondary N) is 1. The van der Waals surface area contributed by atoms with Crippen molar-refractivity contribution in [3.8, 4) is 0 Å². The summed E-state index contributed by atoms with van der Waals surface area (Å²) in [5.74, 6) is -0.158. The van der Waals surface area contributed by atoms with Crippen molar-refractivity contribution < 1.29 is 32.9 Å². The van der Waals surface area contributed by atoms with Crippen molar-refractivity contribution in [3.63, 3.8) is 0 Å². The Morgan fingerprint density at radius 3 is 1.04 bits per heavy atom. The van der Waals surface area contributed by atoms with Crippen LogP contribution in [0.15, 0.2) is 134 Å². The van der Waals surface area contributed by atoms with Crippen LogP contribution in [0.4, 0.5) is 0 Å². The van der Waals surface area contributed by atoms with Crippen LogP contribution >= 0.6 is 7.82 Å². The molecule has 0 spiro atoms. The molecule has 488 valence electrons. The van der Waals surface area contributed by atoms with Crippen molar-refractivity contribution in [3.05, 3.63) is 134 Å². The zero-order chi connectivity index (χ0) is 61.9. The Labute approximate surface area is 526 Å². The summed E-state index contributed by atoms with van der Waals surface area (Å²) in [5.41, 5.74) is 0. The lowest BCUT2D eigenvalue weighted by Gasteiger charge is -2.26. The van der Waals surface area contributed by atoms with Crippen LogP contribution in [-0.2, 0) is 18.4 Å². The maximum absolute atomic E-state index is 13.1. The molecule has 0 aliphatic heterocycles. The minimum Gasteiger partial charge on any atom is -0.391 e. The molecule has 9 heteroatoms. The fourth-order valence-electron chi connectivity index (χ4n) is 9.76. The Hall–Kier alpha value is -3.36. The molecule has 0 aromatic carbocycles. The largest absolute Gasteiger partial charge is 0.472 e. The van der Waals surface area contributed by atoms with Crippen LogP contribution in [0, 0.1) is 0 Å². The van der Waals surface area contributed by atoms with Crippen molar-refractivity contribution in [1.29, 1.82) is 0 Å². The molecule has 0 rings (SSSR count). The van der Waals surface area contributed by atoms with Crippen LogP contribution in [0.5, 0.6) is 0 Å². The van der Waals surface area contributed by atoms with E-state index in [1.54, 1.807) is 0 Å². The average molecular weight is 1200 g/mol. The number of phosphoric acid groups is 1. The molecule has 0 radical (unpaired) electrons. The maximum atomic E-state index is 13.1. The van der Waals surface area contributed by atoms with Gasteiger partial charge in [-0.1, -0.05) is 321 Å². The Bertz CT molecular complexity index is 1850. The number of nitrogens with zero attached hydrogens (tertiary/aromatic N) is 1. The van der Waals surface area contributed by atoms with E-state index >= 15 is 0 Å². The van der Waals surface area contributed by atoms with Gasteiger partial charge < -0.3 is 19.8 Å². The summed E-state index contributed by atoms with van der Waals surface area (Å²) < 4.78 is 23.9. The minimum atomic E-state index is -4.34. The lowest BCUT2D eigenvalue weighted by Crippen LogP contribution is -2.46. The first kappa shape index (κ1) is 81.6. The monoisotopic (exact) mass is 1200 g/mol. The summed E-state index contributed by atoms with van der Waals surface area (Å²) >= 11 is 0. The lowest BCUT2D eigenvalue weighted by molar-refractivity contribution is -0.870. The highest BCUT2D eigenvalue weighted by molar-refractivity contribution is 7.47. The van der Waals surface area contributed by atoms with Gasteiger partial charge in [-0.15, -0.1) is 0 Å². The number of carbonyl (C=O) groups is 1. The molecule has 0 aliphatic rings. The van der Waals surface area contributed by atoms with Gasteiger partial charge in [-0.2, -0.15) is 0 Å². The Balaban J connectivity index is 4.12. The topological polar surface area (TPSA) is 105 Å². The lowest BCUT2D eigenvalue weighted by atomic mass is 10.0. The molecule has 0 heterocycles. The second-order valence-corrected chi connectivity index (χ2v) is 26.0. The zero-order valence-electron chi connectivity index (χ0n) is 55.8. The molecule has 8 nitrogen and oxygen atoms in total. The van der Waals surface area contributed by atoms with Gasteiger partial charge >= 0.3 is 7.82 Å². The molecule has 0 fully saturated rings. The number of rotatable bonds is 63. The van der Waals surface area contributed by atoms with Crippen molar-refractivity contribution in [2.75, 3.05) is 40.9 Å². The highest BCUT2D eigenvalue weighted by Gasteiger charge is 2.28. The molecule has 0 aliphatic carbocycles. The number of aliphatic hydroxyl groups is 1. The van der Waals surface area contributed by atoms with Gasteiger partial charge in [-0.05, 0) is 96.3 Å². The first-order valence-corrected chi connectivity index (χ1v) is 36.5. The second kappa shape index (κ2) is 65.1. The van der Waals surface area contributed by atoms with Crippen LogP contribution in [0.1, 0.15) is 290 Å². The van der Waals surface area contributed by atoms with Gasteiger partial charge in [-0.25, -0.2) is 4.57 Å². The number of quaternary nitrogens is 1. The smallest absolute Gasteiger partial charge is 0.391 e. The van der Waals surface area contributed by atoms with E-state index in [2.05, 4.69) is 153 Å². The quantitative estimate of drug-likeness (QED) is 0.0243. The molecule has 0 bridgehead atoms. The van der Waals surface area contributed by atoms with Gasteiger partial charge in [0.25, 0.3) is 0 Å². The van der Waals surface area contributed by atoms with E-state index in [-0.39, 0.29) is 19.1 Å². The average Bonchev–Trinajstić information content (AvgIpc) is 3.48. The Morgan fingerprint density at radius 2 is 0.706 bits per heavy atom. The number of hydrogen-bond acceptors (Lipinski definition) is 5. The molecule has 3 atom stereocenters. The second-order valence-electron chi connectivity index (χ2n) is 24.5. The first-order valence-electron chi connectivity index (χ1n) is 35.0. The standard InChI is InChI=1S/C76H133N2O6P/c1-6-8-10-12-14-16-18-20-22-24-26-28-30-31-32-33-34-35-36-37-38-39-40-41-42-43-44-45-46-47-48-50-52-54-56-58-60-62-64-66-68-70-76(80)77-74(73-84-85(81,82)83-72-71-78(3,4)5)75(79)69-67-65-63-61-59-57-55-53-51-49-29-27-25-23-21-19-17-15-13-11-9-7-2/h8,10,14,16,20,22,26,28,31-32,34-35,37-38,40-41,43-44,46-47,50,52,74-75,79H,6-7,9,11-13,15,17-19,21,23-25,27,29-30,33,36,39,42,45,48-49,51,53-73H2,1-5H3,(H-,77,80,81,82)/p+1/b10-8-,16-14-,22-20-,28-26-,32-31-,35-34-,38-37-,41-40-,44-43-,47-46-,52-50-. The van der Waals surface area contributed by atoms with Gasteiger partial charge in [0.15, 0.2) is 0 Å². The third-order valence-electron chi connectivity index (χ3n) is 15.2. The first-order chi connectivity index (χ1) is 41.5. The number of allylic oxidation sites excluding steroid dienone is 22. The van der Waals surface area contributed by atoms with Gasteiger partial charge in [0.2, 0.25) is 5.91 Å². The van der Waals surface area contributed by atoms with E-state index in [9.17, 15) is 19.4 Å². The summed E-state index contributed by atoms with van der Waals surface area (Å²) in [6, 6.07) is -0.777. The molecule has 0 saturated carbocycles. The fourth-order valence-corrected chi connectivity index (χ4v) is 10.5. The van der Waals surface area contributed by atoms with E-state index in [1.807, 2.05) is 21.1 Å². The summed E-state index contributed by atoms with van der Waals surface area (Å²) in [4.78, 5) is 23.4. The van der Waals surface area contributed by atoms with Crippen LogP contribution < -0.4 is 5.32 Å². The molecular weight excluding hydrogens is 1070 g/mol. The predicted molar refractivity (Wildman–Crippen MR) is 373 cm³/mol. The Morgan fingerprint density at radius 1 is 0.412 bits per heavy atom. The van der Waals surface area contributed by atoms with Crippen molar-refractivity contribution >= 4 is 13.7 Å². The number of unbranched alkanes of at least 4 members (excludes halogenated alkanes) is 28. The van der Waals surface area contributed by atoms with Crippen molar-refractivity contribution in [1.82, 2.24) is 5.32 Å².